The van der Waals surface area contributed by atoms with Gasteiger partial charge in [0, 0.05) is 36.2 Å². The first-order chi connectivity index (χ1) is 13.9. The molecule has 6 nitrogen and oxygen atoms in total. The lowest BCUT2D eigenvalue weighted by atomic mass is 9.78. The number of hydrogen-bond donors (Lipinski definition) is 1. The molecule has 2 fully saturated rings. The van der Waals surface area contributed by atoms with Crippen LogP contribution in [0.5, 0.6) is 0 Å². The predicted molar refractivity (Wildman–Crippen MR) is 114 cm³/mol. The van der Waals surface area contributed by atoms with Crippen molar-refractivity contribution in [3.8, 4) is 0 Å². The number of aromatic nitrogens is 1. The maximum Gasteiger partial charge on any atom is 0.243 e. The van der Waals surface area contributed by atoms with Gasteiger partial charge in [-0.25, -0.2) is 8.42 Å². The van der Waals surface area contributed by atoms with Crippen LogP contribution in [-0.2, 0) is 21.4 Å². The largest absolute Gasteiger partial charge is 0.352 e. The number of rotatable bonds is 5. The van der Waals surface area contributed by atoms with Crippen LogP contribution in [0, 0.1) is 11.8 Å². The van der Waals surface area contributed by atoms with Crippen LogP contribution in [0.15, 0.2) is 35.4 Å². The fourth-order valence-corrected chi connectivity index (χ4v) is 6.30. The number of hydrogen-bond acceptors (Lipinski definition) is 3. The van der Waals surface area contributed by atoms with Crippen LogP contribution in [0.1, 0.15) is 46.0 Å². The number of nitrogens with zero attached hydrogens (tertiary/aromatic N) is 2. The van der Waals surface area contributed by atoms with Crippen molar-refractivity contribution in [1.29, 1.82) is 0 Å². The second-order valence-electron chi connectivity index (χ2n) is 8.72. The van der Waals surface area contributed by atoms with E-state index < -0.39 is 10.0 Å². The number of sulfonamides is 1. The summed E-state index contributed by atoms with van der Waals surface area (Å²) >= 11 is 0. The highest BCUT2D eigenvalue weighted by molar-refractivity contribution is 7.89. The van der Waals surface area contributed by atoms with Gasteiger partial charge in [-0.1, -0.05) is 26.7 Å². The van der Waals surface area contributed by atoms with Crippen molar-refractivity contribution in [3.63, 3.8) is 0 Å². The van der Waals surface area contributed by atoms with Crippen molar-refractivity contribution in [2.75, 3.05) is 13.1 Å². The van der Waals surface area contributed by atoms with Gasteiger partial charge in [-0.3, -0.25) is 4.79 Å². The van der Waals surface area contributed by atoms with Gasteiger partial charge in [0.2, 0.25) is 15.9 Å². The third-order valence-corrected chi connectivity index (χ3v) is 8.71. The third-order valence-electron chi connectivity index (χ3n) is 6.81. The van der Waals surface area contributed by atoms with Crippen molar-refractivity contribution < 1.29 is 13.2 Å². The van der Waals surface area contributed by atoms with Gasteiger partial charge >= 0.3 is 0 Å². The quantitative estimate of drug-likeness (QED) is 0.811. The second kappa shape index (κ2) is 8.11. The molecule has 4 rings (SSSR count). The Hall–Kier alpha value is -1.86. The van der Waals surface area contributed by atoms with Gasteiger partial charge < -0.3 is 9.88 Å². The van der Waals surface area contributed by atoms with Crippen molar-refractivity contribution in [2.45, 2.75) is 63.4 Å². The monoisotopic (exact) mass is 417 g/mol. The SMILES string of the molecule is CC1CCCC(NC(=O)Cn2ccc3cc(S(=O)(=O)N4CCCC4)ccc32)C1C. The number of fused-ring (bicyclic) bond motifs is 1. The highest BCUT2D eigenvalue weighted by atomic mass is 32.2. The van der Waals surface area contributed by atoms with E-state index in [2.05, 4.69) is 19.2 Å². The number of amides is 1. The molecule has 1 saturated heterocycles. The predicted octanol–water partition coefficient (Wildman–Crippen LogP) is 3.37. The second-order valence-corrected chi connectivity index (χ2v) is 10.7. The third kappa shape index (κ3) is 4.08. The Kier molecular flexibility index (Phi) is 5.71. The molecule has 158 valence electrons. The van der Waals surface area contributed by atoms with E-state index in [0.717, 1.165) is 36.6 Å². The summed E-state index contributed by atoms with van der Waals surface area (Å²) in [5.41, 5.74) is 0.880. The molecule has 1 N–H and O–H groups in total. The van der Waals surface area contributed by atoms with Crippen LogP contribution in [0.2, 0.25) is 0 Å². The molecule has 1 aromatic heterocycles. The molecule has 2 aromatic rings. The van der Waals surface area contributed by atoms with Crippen molar-refractivity contribution >= 4 is 26.8 Å². The summed E-state index contributed by atoms with van der Waals surface area (Å²) in [4.78, 5) is 13.0. The van der Waals surface area contributed by atoms with Gasteiger partial charge in [-0.2, -0.15) is 4.31 Å². The molecular formula is C22H31N3O3S. The summed E-state index contributed by atoms with van der Waals surface area (Å²) < 4.78 is 29.0. The summed E-state index contributed by atoms with van der Waals surface area (Å²) in [5.74, 6) is 1.15. The molecule has 0 radical (unpaired) electrons. The minimum atomic E-state index is -3.43. The van der Waals surface area contributed by atoms with Gasteiger partial charge in [0.25, 0.3) is 0 Å². The van der Waals surface area contributed by atoms with Crippen molar-refractivity contribution in [3.05, 3.63) is 30.5 Å². The van der Waals surface area contributed by atoms with Crippen LogP contribution in [-0.4, -0.2) is 42.3 Å². The Labute approximate surface area is 173 Å². The van der Waals surface area contributed by atoms with E-state index in [1.807, 2.05) is 22.9 Å². The molecule has 3 atom stereocenters. The molecule has 0 spiro atoms. The lowest BCUT2D eigenvalue weighted by molar-refractivity contribution is -0.123. The first-order valence-electron chi connectivity index (χ1n) is 10.7. The minimum Gasteiger partial charge on any atom is -0.352 e. The zero-order valence-electron chi connectivity index (χ0n) is 17.3. The van der Waals surface area contributed by atoms with Gasteiger partial charge in [-0.05, 0) is 55.4 Å². The standard InChI is InChI=1S/C22H31N3O3S/c1-16-6-5-7-20(17(16)2)23-22(26)15-24-13-10-18-14-19(8-9-21(18)24)29(27,28)25-11-3-4-12-25/h8-10,13-14,16-17,20H,3-7,11-12,15H2,1-2H3,(H,23,26). The molecule has 1 aliphatic heterocycles. The Morgan fingerprint density at radius 3 is 2.62 bits per heavy atom. The van der Waals surface area contributed by atoms with Gasteiger partial charge in [0.1, 0.15) is 6.54 Å². The van der Waals surface area contributed by atoms with Crippen molar-refractivity contribution in [1.82, 2.24) is 14.2 Å². The molecule has 2 aliphatic rings. The molecule has 0 bridgehead atoms. The van der Waals surface area contributed by atoms with Gasteiger partial charge in [0.15, 0.2) is 0 Å². The highest BCUT2D eigenvalue weighted by Gasteiger charge is 2.29. The molecule has 1 aliphatic carbocycles. The maximum absolute atomic E-state index is 12.8. The highest BCUT2D eigenvalue weighted by Crippen LogP contribution is 2.29. The molecule has 1 amide bonds. The summed E-state index contributed by atoms with van der Waals surface area (Å²) in [6, 6.07) is 7.33. The normalized spacial score (nSPS) is 26.1. The molecule has 2 heterocycles. The van der Waals surface area contributed by atoms with E-state index in [9.17, 15) is 13.2 Å². The van der Waals surface area contributed by atoms with E-state index in [4.69, 9.17) is 0 Å². The molecule has 1 aromatic carbocycles. The molecule has 1 saturated carbocycles. The Morgan fingerprint density at radius 2 is 1.86 bits per heavy atom. The lowest BCUT2D eigenvalue weighted by Gasteiger charge is -2.34. The van der Waals surface area contributed by atoms with E-state index in [1.165, 1.54) is 6.42 Å². The summed E-state index contributed by atoms with van der Waals surface area (Å²) in [6.07, 6.45) is 7.15. The van der Waals surface area contributed by atoms with Gasteiger partial charge in [0.05, 0.1) is 4.90 Å². The fraction of sp³-hybridized carbons (Fsp3) is 0.591. The summed E-state index contributed by atoms with van der Waals surface area (Å²) in [6.45, 7) is 5.93. The average molecular weight is 418 g/mol. The fourth-order valence-electron chi connectivity index (χ4n) is 4.75. The summed E-state index contributed by atoms with van der Waals surface area (Å²) in [5, 5.41) is 4.06. The molecule has 3 unspecified atom stereocenters. The van der Waals surface area contributed by atoms with Gasteiger partial charge in [-0.15, -0.1) is 0 Å². The number of benzene rings is 1. The number of nitrogens with one attached hydrogen (secondary N) is 1. The first-order valence-corrected chi connectivity index (χ1v) is 12.2. The molecule has 29 heavy (non-hydrogen) atoms. The van der Waals surface area contributed by atoms with Crippen LogP contribution in [0.25, 0.3) is 10.9 Å². The molecule has 7 heteroatoms. The van der Waals surface area contributed by atoms with Crippen LogP contribution in [0.4, 0.5) is 0 Å². The maximum atomic E-state index is 12.8. The minimum absolute atomic E-state index is 0.0159. The smallest absolute Gasteiger partial charge is 0.243 e. The number of carbonyl (C=O) groups excluding carboxylic acids is 1. The topological polar surface area (TPSA) is 71.4 Å². The Balaban J connectivity index is 1.48. The Bertz CT molecular complexity index is 992. The summed E-state index contributed by atoms with van der Waals surface area (Å²) in [7, 11) is -3.43. The zero-order chi connectivity index (χ0) is 20.6. The Morgan fingerprint density at radius 1 is 1.10 bits per heavy atom. The van der Waals surface area contributed by atoms with Crippen LogP contribution < -0.4 is 5.32 Å². The van der Waals surface area contributed by atoms with Crippen molar-refractivity contribution in [2.24, 2.45) is 11.8 Å². The lowest BCUT2D eigenvalue weighted by Crippen LogP contribution is -2.44. The first kappa shape index (κ1) is 20.4. The molecular weight excluding hydrogens is 386 g/mol. The average Bonchev–Trinajstić information content (AvgIpc) is 3.36. The number of carbonyl (C=O) groups is 1. The zero-order valence-corrected chi connectivity index (χ0v) is 18.1. The van der Waals surface area contributed by atoms with E-state index in [0.29, 0.717) is 29.8 Å². The van der Waals surface area contributed by atoms with Crippen LogP contribution >= 0.6 is 0 Å². The van der Waals surface area contributed by atoms with E-state index in [-0.39, 0.29) is 18.5 Å². The van der Waals surface area contributed by atoms with Crippen LogP contribution in [0.3, 0.4) is 0 Å². The van der Waals surface area contributed by atoms with E-state index >= 15 is 0 Å². The van der Waals surface area contributed by atoms with E-state index in [1.54, 1.807) is 16.4 Å².